The number of hydrogen-bond acceptors (Lipinski definition) is 10. The Kier molecular flexibility index (Phi) is 5.91. The summed E-state index contributed by atoms with van der Waals surface area (Å²) >= 11 is 5.96. The number of ether oxygens (including phenoxy) is 1. The van der Waals surface area contributed by atoms with Crippen molar-refractivity contribution >= 4 is 46.6 Å². The molecule has 0 amide bonds. The number of H-pyrrole nitrogens is 1. The monoisotopic (exact) mass is 602 g/mol. The first-order valence-electron chi connectivity index (χ1n) is 11.9. The van der Waals surface area contributed by atoms with Crippen LogP contribution in [-0.2, 0) is 28.2 Å². The molecule has 5 atom stereocenters. The molecule has 204 valence electrons. The van der Waals surface area contributed by atoms with Gasteiger partial charge < -0.3 is 14.8 Å². The quantitative estimate of drug-likeness (QED) is 0.292. The van der Waals surface area contributed by atoms with E-state index in [2.05, 4.69) is 15.0 Å². The summed E-state index contributed by atoms with van der Waals surface area (Å²) in [5.41, 5.74) is 0.335. The summed E-state index contributed by atoms with van der Waals surface area (Å²) in [6.07, 6.45) is -3.31. The van der Waals surface area contributed by atoms with Crippen LogP contribution in [0.4, 0.5) is 0 Å². The lowest BCUT2D eigenvalue weighted by atomic mass is 10.1. The van der Waals surface area contributed by atoms with Crippen molar-refractivity contribution in [2.45, 2.75) is 34.6 Å². The molecule has 2 aromatic carbocycles. The van der Waals surface area contributed by atoms with E-state index in [9.17, 15) is 22.9 Å². The van der Waals surface area contributed by atoms with Crippen molar-refractivity contribution in [3.63, 3.8) is 0 Å². The molecule has 0 radical (unpaired) electrons. The minimum atomic E-state index is -4.39. The van der Waals surface area contributed by atoms with Crippen LogP contribution in [0.15, 0.2) is 75.6 Å². The van der Waals surface area contributed by atoms with Crippen LogP contribution in [0, 0.1) is 0 Å². The minimum Gasteiger partial charge on any atom is -0.385 e. The van der Waals surface area contributed by atoms with Gasteiger partial charge in [0, 0.05) is 15.8 Å². The van der Waals surface area contributed by atoms with Gasteiger partial charge in [0.1, 0.15) is 18.8 Å². The molecule has 2 fully saturated rings. The Balaban J connectivity index is 1.47. The van der Waals surface area contributed by atoms with Crippen LogP contribution >= 0.6 is 19.9 Å². The number of benzene rings is 2. The van der Waals surface area contributed by atoms with Gasteiger partial charge in [-0.25, -0.2) is 17.8 Å². The number of fused-ring (bicyclic) bond motifs is 3. The highest BCUT2D eigenvalue weighted by Gasteiger charge is 2.56. The van der Waals surface area contributed by atoms with Gasteiger partial charge in [0.25, 0.3) is 5.56 Å². The molecule has 16 heteroatoms. The Morgan fingerprint density at radius 2 is 1.85 bits per heavy atom. The highest BCUT2D eigenvalue weighted by molar-refractivity contribution is 7.91. The molecule has 0 aliphatic carbocycles. The maximum Gasteiger partial charge on any atom is 0.697 e. The molecule has 13 nitrogen and oxygen atoms in total. The highest BCUT2D eigenvalue weighted by Crippen LogP contribution is 2.44. The van der Waals surface area contributed by atoms with Gasteiger partial charge >= 0.3 is 8.25 Å². The number of halogens is 1. The summed E-state index contributed by atoms with van der Waals surface area (Å²) < 4.78 is 58.0. The molecular weight excluding hydrogens is 585 g/mol. The Hall–Kier alpha value is -3.49. The normalized spacial score (nSPS) is 24.1. The maximum atomic E-state index is 13.8. The van der Waals surface area contributed by atoms with Crippen molar-refractivity contribution in [3.8, 4) is 11.3 Å². The fourth-order valence-corrected chi connectivity index (χ4v) is 7.15. The number of aromatic amines is 1. The van der Waals surface area contributed by atoms with Crippen LogP contribution in [0.25, 0.3) is 28.2 Å². The molecule has 5 aromatic rings. The number of hydrogen-bond donors (Lipinski definition) is 2. The zero-order chi connectivity index (χ0) is 27.8. The predicted molar refractivity (Wildman–Crippen MR) is 140 cm³/mol. The summed E-state index contributed by atoms with van der Waals surface area (Å²) in [5.74, 6) is 0.112. The van der Waals surface area contributed by atoms with Gasteiger partial charge in [0.2, 0.25) is 20.8 Å². The average Bonchev–Trinajstić information content (AvgIpc) is 3.64. The second kappa shape index (κ2) is 9.28. The molecule has 40 heavy (non-hydrogen) atoms. The summed E-state index contributed by atoms with van der Waals surface area (Å²) in [6, 6.07) is 14.6. The number of rotatable bonds is 4. The van der Waals surface area contributed by atoms with E-state index < -0.39 is 53.3 Å². The average molecular weight is 603 g/mol. The van der Waals surface area contributed by atoms with E-state index in [-0.39, 0.29) is 28.4 Å². The van der Waals surface area contributed by atoms with Crippen LogP contribution in [-0.4, -0.2) is 62.4 Å². The third-order valence-corrected chi connectivity index (χ3v) is 9.47. The summed E-state index contributed by atoms with van der Waals surface area (Å²) in [4.78, 5) is 25.3. The van der Waals surface area contributed by atoms with Crippen molar-refractivity contribution in [2.24, 2.45) is 0 Å². The van der Waals surface area contributed by atoms with Gasteiger partial charge in [0.15, 0.2) is 23.5 Å². The number of imidazole rings is 2. The predicted octanol–water partition coefficient (Wildman–Crippen LogP) is 2.86. The van der Waals surface area contributed by atoms with Gasteiger partial charge in [-0.05, 0) is 29.8 Å². The minimum absolute atomic E-state index is 0.112. The second-order valence-electron chi connectivity index (χ2n) is 9.18. The summed E-state index contributed by atoms with van der Waals surface area (Å²) in [5, 5.41) is 10.9. The van der Waals surface area contributed by atoms with Gasteiger partial charge in [-0.15, -0.1) is 9.05 Å². The Morgan fingerprint density at radius 3 is 2.60 bits per heavy atom. The Bertz CT molecular complexity index is 1980. The number of aliphatic hydroxyl groups is 1. The molecule has 2 aliphatic heterocycles. The third kappa shape index (κ3) is 3.91. The maximum absolute atomic E-state index is 13.8. The van der Waals surface area contributed by atoms with E-state index in [0.29, 0.717) is 10.7 Å². The summed E-state index contributed by atoms with van der Waals surface area (Å²) in [6.45, 7) is -0.156. The molecule has 2 aliphatic rings. The fourth-order valence-electron chi connectivity index (χ4n) is 4.87. The van der Waals surface area contributed by atoms with Gasteiger partial charge in [0.05, 0.1) is 10.6 Å². The molecule has 0 saturated carbocycles. The lowest BCUT2D eigenvalue weighted by Crippen LogP contribution is -2.37. The van der Waals surface area contributed by atoms with Crippen molar-refractivity contribution in [2.75, 3.05) is 6.61 Å². The van der Waals surface area contributed by atoms with E-state index in [4.69, 9.17) is 25.4 Å². The fraction of sp³-hybridized carbons (Fsp3) is 0.208. The van der Waals surface area contributed by atoms with Gasteiger partial charge in [-0.1, -0.05) is 41.9 Å². The van der Waals surface area contributed by atoms with E-state index in [1.54, 1.807) is 6.20 Å². The lowest BCUT2D eigenvalue weighted by Gasteiger charge is -2.19. The van der Waals surface area contributed by atoms with E-state index >= 15 is 0 Å². The van der Waals surface area contributed by atoms with E-state index in [1.165, 1.54) is 28.7 Å². The molecule has 2 unspecified atom stereocenters. The van der Waals surface area contributed by atoms with Crippen LogP contribution < -0.4 is 5.56 Å². The Labute approximate surface area is 230 Å². The van der Waals surface area contributed by atoms with Crippen LogP contribution in [0.3, 0.4) is 0 Å². The molecule has 0 spiro atoms. The van der Waals surface area contributed by atoms with Crippen molar-refractivity contribution in [1.82, 2.24) is 23.9 Å². The van der Waals surface area contributed by atoms with Crippen molar-refractivity contribution in [3.05, 3.63) is 76.2 Å². The first-order valence-corrected chi connectivity index (χ1v) is 14.9. The lowest BCUT2D eigenvalue weighted by molar-refractivity contribution is -0.0585. The topological polar surface area (TPSA) is 167 Å². The second-order valence-corrected chi connectivity index (χ2v) is 12.4. The van der Waals surface area contributed by atoms with Crippen LogP contribution in [0.1, 0.15) is 6.23 Å². The number of sulfone groups is 1. The van der Waals surface area contributed by atoms with E-state index in [0.717, 1.165) is 10.1 Å². The zero-order valence-corrected chi connectivity index (χ0v) is 22.6. The first-order chi connectivity index (χ1) is 19.2. The molecular formula is C24H18ClN5O8PS+. The van der Waals surface area contributed by atoms with Crippen molar-refractivity contribution in [1.29, 1.82) is 0 Å². The number of nitrogens with zero attached hydrogens (tertiary/aromatic N) is 4. The molecule has 5 heterocycles. The van der Waals surface area contributed by atoms with Gasteiger partial charge in [-0.2, -0.15) is 4.98 Å². The van der Waals surface area contributed by atoms with E-state index in [1.807, 2.05) is 30.3 Å². The Morgan fingerprint density at radius 1 is 1.10 bits per heavy atom. The SMILES string of the molecule is O=c1c2nc(S(=O)(=O)c3ccc(Cl)cc3)n([C@@H]3OC4CO[P+](=O)O[C@H]4[C@@H]3O)c2nc2[nH]c(-c3ccccc3)cn12. The first kappa shape index (κ1) is 25.5. The summed E-state index contributed by atoms with van der Waals surface area (Å²) in [7, 11) is -6.89. The van der Waals surface area contributed by atoms with Crippen LogP contribution in [0.2, 0.25) is 5.02 Å². The third-order valence-electron chi connectivity index (χ3n) is 6.78. The number of nitrogens with one attached hydrogen (secondary N) is 1. The zero-order valence-electron chi connectivity index (χ0n) is 20.1. The number of aromatic nitrogens is 5. The largest absolute Gasteiger partial charge is 0.697 e. The van der Waals surface area contributed by atoms with Crippen LogP contribution in [0.5, 0.6) is 0 Å². The van der Waals surface area contributed by atoms with Gasteiger partial charge in [-0.3, -0.25) is 9.36 Å². The molecule has 2 saturated heterocycles. The molecule has 7 rings (SSSR count). The molecule has 0 bridgehead atoms. The van der Waals surface area contributed by atoms with Crippen molar-refractivity contribution < 1.29 is 31.9 Å². The standard InChI is InChI=1S/C24H17ClN5O8PS/c25-13-6-8-14(9-7-13)40(34,35)24-27-17-20(30(24)22-18(31)19-16(37-22)11-36-39(33)38-19)28-23-26-15(10-29(23)21(17)32)12-4-2-1-3-5-12/h1-10,16,18-19,22,31H,11H2/p+1/t16?,18-,19+,22+/m0/s1. The highest BCUT2D eigenvalue weighted by atomic mass is 35.5. The molecule has 3 aromatic heterocycles. The number of aliphatic hydroxyl groups excluding tert-OH is 1. The molecule has 2 N–H and O–H groups in total. The smallest absolute Gasteiger partial charge is 0.385 e.